The summed E-state index contributed by atoms with van der Waals surface area (Å²) in [6, 6.07) is 8.07. The van der Waals surface area contributed by atoms with Gasteiger partial charge in [-0.05, 0) is 56.9 Å². The topological polar surface area (TPSA) is 52.7 Å². The molecule has 5 heteroatoms. The highest BCUT2D eigenvalue weighted by Crippen LogP contribution is 2.23. The van der Waals surface area contributed by atoms with Crippen molar-refractivity contribution < 1.29 is 9.59 Å². The molecule has 2 rings (SSSR count). The fourth-order valence-electron chi connectivity index (χ4n) is 2.95. The second-order valence-electron chi connectivity index (χ2n) is 6.55. The van der Waals surface area contributed by atoms with E-state index in [-0.39, 0.29) is 24.4 Å². The van der Waals surface area contributed by atoms with Crippen LogP contribution in [0.3, 0.4) is 0 Å². The molecule has 1 unspecified atom stereocenters. The van der Waals surface area contributed by atoms with Crippen molar-refractivity contribution in [1.82, 2.24) is 5.32 Å². The summed E-state index contributed by atoms with van der Waals surface area (Å²) in [5.41, 5.74) is 1.95. The normalized spacial score (nSPS) is 15.7. The Hall–Kier alpha value is -2.04. The van der Waals surface area contributed by atoms with Gasteiger partial charge in [-0.15, -0.1) is 0 Å². The molecule has 1 heterocycles. The van der Waals surface area contributed by atoms with E-state index in [1.54, 1.807) is 0 Å². The highest BCUT2D eigenvalue weighted by Gasteiger charge is 2.17. The number of anilines is 2. The predicted octanol–water partition coefficient (Wildman–Crippen LogP) is 2.94. The van der Waals surface area contributed by atoms with Crippen LogP contribution in [0, 0.1) is 0 Å². The van der Waals surface area contributed by atoms with Crippen molar-refractivity contribution in [3.8, 4) is 0 Å². The summed E-state index contributed by atoms with van der Waals surface area (Å²) in [7, 11) is 0. The molecule has 0 spiro atoms. The number of benzene rings is 1. The van der Waals surface area contributed by atoms with Crippen LogP contribution in [0.2, 0.25) is 0 Å². The number of carbonyl (C=O) groups is 2. The zero-order valence-corrected chi connectivity index (χ0v) is 15.0. The smallest absolute Gasteiger partial charge is 0.240 e. The molecule has 1 atom stereocenters. The predicted molar refractivity (Wildman–Crippen MR) is 98.4 cm³/mol. The van der Waals surface area contributed by atoms with Gasteiger partial charge >= 0.3 is 0 Å². The van der Waals surface area contributed by atoms with E-state index >= 15 is 0 Å². The number of hydrogen-bond acceptors (Lipinski definition) is 3. The average Bonchev–Trinajstić information content (AvgIpc) is 2.60. The van der Waals surface area contributed by atoms with Crippen LogP contribution in [0.4, 0.5) is 11.4 Å². The second kappa shape index (κ2) is 8.71. The van der Waals surface area contributed by atoms with Gasteiger partial charge in [-0.2, -0.15) is 0 Å². The number of amides is 2. The van der Waals surface area contributed by atoms with Gasteiger partial charge in [0.15, 0.2) is 0 Å². The Morgan fingerprint density at radius 2 is 1.79 bits per heavy atom. The lowest BCUT2D eigenvalue weighted by Gasteiger charge is -2.29. The first kappa shape index (κ1) is 18.3. The molecule has 1 saturated heterocycles. The molecule has 1 aromatic rings. The quantitative estimate of drug-likeness (QED) is 0.872. The Labute approximate surface area is 145 Å². The first-order valence-electron chi connectivity index (χ1n) is 8.93. The molecule has 1 aromatic carbocycles. The zero-order valence-electron chi connectivity index (χ0n) is 15.0. The maximum atomic E-state index is 12.1. The van der Waals surface area contributed by atoms with Gasteiger partial charge in [0.2, 0.25) is 11.8 Å². The molecule has 132 valence electrons. The largest absolute Gasteiger partial charge is 0.372 e. The van der Waals surface area contributed by atoms with Crippen molar-refractivity contribution in [1.29, 1.82) is 0 Å². The van der Waals surface area contributed by atoms with Crippen molar-refractivity contribution in [2.45, 2.75) is 52.5 Å². The molecule has 1 aliphatic rings. The van der Waals surface area contributed by atoms with Crippen LogP contribution in [0.25, 0.3) is 0 Å². The van der Waals surface area contributed by atoms with Crippen molar-refractivity contribution in [2.24, 2.45) is 0 Å². The molecule has 0 saturated carbocycles. The molecule has 0 bridgehead atoms. The lowest BCUT2D eigenvalue weighted by atomic mass is 10.1. The van der Waals surface area contributed by atoms with Gasteiger partial charge in [-0.25, -0.2) is 0 Å². The maximum Gasteiger partial charge on any atom is 0.240 e. The zero-order chi connectivity index (χ0) is 17.5. The SMILES string of the molecule is CCC(C)NC(=O)CN(C(C)=O)c1ccc(N2CCCCC2)cc1. The second-order valence-corrected chi connectivity index (χ2v) is 6.55. The third-order valence-electron chi connectivity index (χ3n) is 4.58. The Morgan fingerprint density at radius 1 is 1.17 bits per heavy atom. The lowest BCUT2D eigenvalue weighted by Crippen LogP contribution is -2.42. The molecule has 2 amide bonds. The number of nitrogens with zero attached hydrogens (tertiary/aromatic N) is 2. The van der Waals surface area contributed by atoms with Crippen LogP contribution in [-0.4, -0.2) is 37.5 Å². The lowest BCUT2D eigenvalue weighted by molar-refractivity contribution is -0.123. The number of rotatable bonds is 6. The number of carbonyl (C=O) groups excluding carboxylic acids is 2. The van der Waals surface area contributed by atoms with E-state index < -0.39 is 0 Å². The standard InChI is InChI=1S/C19H29N3O2/c1-4-15(2)20-19(24)14-22(16(3)23)18-10-8-17(9-11-18)21-12-6-5-7-13-21/h8-11,15H,4-7,12-14H2,1-3H3,(H,20,24). The van der Waals surface area contributed by atoms with E-state index in [9.17, 15) is 9.59 Å². The van der Waals surface area contributed by atoms with E-state index in [2.05, 4.69) is 10.2 Å². The fraction of sp³-hybridized carbons (Fsp3) is 0.579. The van der Waals surface area contributed by atoms with Crippen LogP contribution in [0.5, 0.6) is 0 Å². The van der Waals surface area contributed by atoms with Crippen molar-refractivity contribution in [2.75, 3.05) is 29.4 Å². The number of hydrogen-bond donors (Lipinski definition) is 1. The minimum Gasteiger partial charge on any atom is -0.372 e. The molecule has 1 fully saturated rings. The van der Waals surface area contributed by atoms with E-state index in [1.165, 1.54) is 36.8 Å². The minimum absolute atomic E-state index is 0.0583. The van der Waals surface area contributed by atoms with E-state index in [4.69, 9.17) is 0 Å². The van der Waals surface area contributed by atoms with E-state index in [0.29, 0.717) is 0 Å². The first-order valence-corrected chi connectivity index (χ1v) is 8.93. The van der Waals surface area contributed by atoms with Gasteiger partial charge in [-0.3, -0.25) is 9.59 Å². The molecule has 24 heavy (non-hydrogen) atoms. The Morgan fingerprint density at radius 3 is 2.33 bits per heavy atom. The Bertz CT molecular complexity index is 550. The molecule has 0 radical (unpaired) electrons. The van der Waals surface area contributed by atoms with Crippen molar-refractivity contribution >= 4 is 23.2 Å². The van der Waals surface area contributed by atoms with Crippen molar-refractivity contribution in [3.05, 3.63) is 24.3 Å². The van der Waals surface area contributed by atoms with E-state index in [1.807, 2.05) is 38.1 Å². The first-order chi connectivity index (χ1) is 11.5. The molecule has 1 N–H and O–H groups in total. The Kier molecular flexibility index (Phi) is 6.64. The molecule has 1 aliphatic heterocycles. The molecule has 5 nitrogen and oxygen atoms in total. The third kappa shape index (κ3) is 4.98. The van der Waals surface area contributed by atoms with Crippen LogP contribution in [0.1, 0.15) is 46.5 Å². The van der Waals surface area contributed by atoms with Crippen LogP contribution >= 0.6 is 0 Å². The maximum absolute atomic E-state index is 12.1. The highest BCUT2D eigenvalue weighted by atomic mass is 16.2. The summed E-state index contributed by atoms with van der Waals surface area (Å²) in [4.78, 5) is 28.0. The van der Waals surface area contributed by atoms with Gasteiger partial charge in [0.25, 0.3) is 0 Å². The summed E-state index contributed by atoms with van der Waals surface area (Å²) < 4.78 is 0. The summed E-state index contributed by atoms with van der Waals surface area (Å²) in [5.74, 6) is -0.250. The van der Waals surface area contributed by atoms with Gasteiger partial charge < -0.3 is 15.1 Å². The average molecular weight is 331 g/mol. The summed E-state index contributed by atoms with van der Waals surface area (Å²) in [5, 5.41) is 2.91. The summed E-state index contributed by atoms with van der Waals surface area (Å²) in [6.07, 6.45) is 4.64. The highest BCUT2D eigenvalue weighted by molar-refractivity contribution is 5.97. The van der Waals surface area contributed by atoms with Gasteiger partial charge in [0.05, 0.1) is 0 Å². The summed E-state index contributed by atoms with van der Waals surface area (Å²) >= 11 is 0. The van der Waals surface area contributed by atoms with Crippen molar-refractivity contribution in [3.63, 3.8) is 0 Å². The van der Waals surface area contributed by atoms with E-state index in [0.717, 1.165) is 25.2 Å². The fourth-order valence-corrected chi connectivity index (χ4v) is 2.95. The molecular weight excluding hydrogens is 302 g/mol. The van der Waals surface area contributed by atoms with Gasteiger partial charge in [-0.1, -0.05) is 6.92 Å². The molecule has 0 aliphatic carbocycles. The van der Waals surface area contributed by atoms with Crippen LogP contribution in [0.15, 0.2) is 24.3 Å². The number of piperidine rings is 1. The van der Waals surface area contributed by atoms with Gasteiger partial charge in [0.1, 0.15) is 6.54 Å². The minimum atomic E-state index is -0.125. The van der Waals surface area contributed by atoms with Gasteiger partial charge in [0, 0.05) is 37.4 Å². The monoisotopic (exact) mass is 331 g/mol. The Balaban J connectivity index is 2.04. The number of nitrogens with one attached hydrogen (secondary N) is 1. The third-order valence-corrected chi connectivity index (χ3v) is 4.58. The molecule has 0 aromatic heterocycles. The van der Waals surface area contributed by atoms with Crippen LogP contribution in [-0.2, 0) is 9.59 Å². The molecular formula is C19H29N3O2. The van der Waals surface area contributed by atoms with Crippen LogP contribution < -0.4 is 15.1 Å². The summed E-state index contributed by atoms with van der Waals surface area (Å²) in [6.45, 7) is 7.72.